The first-order valence-electron chi connectivity index (χ1n) is 11.9. The Hall–Kier alpha value is -3.51. The fraction of sp³-hybridized carbons (Fsp3) is 0.321. The second-order valence-electron chi connectivity index (χ2n) is 9.33. The third kappa shape index (κ3) is 3.59. The van der Waals surface area contributed by atoms with Gasteiger partial charge in [-0.15, -0.1) is 0 Å². The monoisotopic (exact) mass is 454 g/mol. The first-order valence-corrected chi connectivity index (χ1v) is 11.9. The molecule has 2 saturated heterocycles. The summed E-state index contributed by atoms with van der Waals surface area (Å²) in [6.45, 7) is 1.15. The predicted molar refractivity (Wildman–Crippen MR) is 127 cm³/mol. The molecule has 0 spiro atoms. The van der Waals surface area contributed by atoms with Crippen LogP contribution >= 0.6 is 0 Å². The number of hydrogen-bond acceptors (Lipinski definition) is 5. The molecule has 3 heterocycles. The average molecular weight is 455 g/mol. The molecule has 1 amide bonds. The van der Waals surface area contributed by atoms with Crippen molar-refractivity contribution in [1.29, 1.82) is 0 Å². The van der Waals surface area contributed by atoms with Gasteiger partial charge in [0, 0.05) is 29.8 Å². The molecule has 2 unspecified atom stereocenters. The Bertz CT molecular complexity index is 1170. The van der Waals surface area contributed by atoms with Gasteiger partial charge in [-0.3, -0.25) is 14.7 Å². The van der Waals surface area contributed by atoms with Gasteiger partial charge in [-0.2, -0.15) is 0 Å². The molecule has 0 saturated carbocycles. The van der Waals surface area contributed by atoms with E-state index in [9.17, 15) is 9.59 Å². The number of nitrogens with zero attached hydrogens (tertiary/aromatic N) is 2. The van der Waals surface area contributed by atoms with Crippen molar-refractivity contribution >= 4 is 11.9 Å². The molecule has 6 rings (SSSR count). The highest BCUT2D eigenvalue weighted by atomic mass is 16.6. The molecule has 34 heavy (non-hydrogen) atoms. The van der Waals surface area contributed by atoms with E-state index < -0.39 is 0 Å². The number of piperidine rings is 1. The van der Waals surface area contributed by atoms with Gasteiger partial charge in [-0.1, -0.05) is 48.5 Å². The van der Waals surface area contributed by atoms with Gasteiger partial charge in [0.1, 0.15) is 6.61 Å². The summed E-state index contributed by atoms with van der Waals surface area (Å²) < 4.78 is 11.7. The SMILES string of the molecule is O=C(c1cccnc1)C1CC2COCC(C1)N2C(=O)OCC1c2ccccc2-c2ccccc21. The number of ether oxygens (including phenoxy) is 2. The Morgan fingerprint density at radius 1 is 0.912 bits per heavy atom. The number of rotatable bonds is 4. The molecule has 2 aliphatic heterocycles. The maximum absolute atomic E-state index is 13.3. The summed E-state index contributed by atoms with van der Waals surface area (Å²) in [5.41, 5.74) is 5.43. The van der Waals surface area contributed by atoms with Crippen LogP contribution in [0, 0.1) is 5.92 Å². The molecule has 0 radical (unpaired) electrons. The Kier molecular flexibility index (Phi) is 5.38. The van der Waals surface area contributed by atoms with E-state index in [1.807, 2.05) is 29.2 Å². The van der Waals surface area contributed by atoms with Gasteiger partial charge in [-0.05, 0) is 47.2 Å². The van der Waals surface area contributed by atoms with Crippen molar-refractivity contribution in [3.63, 3.8) is 0 Å². The number of aromatic nitrogens is 1. The number of morpholine rings is 1. The molecule has 172 valence electrons. The second-order valence-corrected chi connectivity index (χ2v) is 9.33. The molecule has 2 bridgehead atoms. The molecule has 1 aliphatic carbocycles. The fourth-order valence-electron chi connectivity index (χ4n) is 5.84. The largest absolute Gasteiger partial charge is 0.448 e. The smallest absolute Gasteiger partial charge is 0.410 e. The minimum atomic E-state index is -0.313. The lowest BCUT2D eigenvalue weighted by molar-refractivity contribution is -0.0747. The van der Waals surface area contributed by atoms with Gasteiger partial charge in [0.25, 0.3) is 0 Å². The van der Waals surface area contributed by atoms with Crippen LogP contribution in [0.2, 0.25) is 0 Å². The summed E-state index contributed by atoms with van der Waals surface area (Å²) in [6, 6.07) is 19.9. The van der Waals surface area contributed by atoms with Crippen LogP contribution in [0.25, 0.3) is 11.1 Å². The number of fused-ring (bicyclic) bond motifs is 5. The van der Waals surface area contributed by atoms with Gasteiger partial charge in [0.05, 0.1) is 25.3 Å². The summed E-state index contributed by atoms with van der Waals surface area (Å²) in [7, 11) is 0. The number of carbonyl (C=O) groups excluding carboxylic acids is 2. The molecule has 2 atom stereocenters. The van der Waals surface area contributed by atoms with Gasteiger partial charge >= 0.3 is 6.09 Å². The van der Waals surface area contributed by atoms with Crippen molar-refractivity contribution in [2.24, 2.45) is 5.92 Å². The highest BCUT2D eigenvalue weighted by Crippen LogP contribution is 2.44. The lowest BCUT2D eigenvalue weighted by Crippen LogP contribution is -2.60. The summed E-state index contributed by atoms with van der Waals surface area (Å²) in [4.78, 5) is 32.2. The van der Waals surface area contributed by atoms with Crippen LogP contribution in [-0.2, 0) is 9.47 Å². The Balaban J connectivity index is 1.17. The summed E-state index contributed by atoms with van der Waals surface area (Å²) >= 11 is 0. The van der Waals surface area contributed by atoms with E-state index in [1.54, 1.807) is 24.5 Å². The molecule has 1 aromatic heterocycles. The first-order chi connectivity index (χ1) is 16.7. The summed E-state index contributed by atoms with van der Waals surface area (Å²) in [5, 5.41) is 0. The topological polar surface area (TPSA) is 68.7 Å². The second kappa shape index (κ2) is 8.69. The van der Waals surface area contributed by atoms with Crippen LogP contribution in [-0.4, -0.2) is 53.7 Å². The molecule has 6 nitrogen and oxygen atoms in total. The van der Waals surface area contributed by atoms with Gasteiger partial charge in [-0.25, -0.2) is 4.79 Å². The van der Waals surface area contributed by atoms with Crippen LogP contribution in [0.1, 0.15) is 40.2 Å². The van der Waals surface area contributed by atoms with Crippen molar-refractivity contribution in [2.45, 2.75) is 30.8 Å². The number of pyridine rings is 1. The lowest BCUT2D eigenvalue weighted by atomic mass is 9.81. The molecule has 3 aliphatic rings. The summed E-state index contributed by atoms with van der Waals surface area (Å²) in [5.74, 6) is -0.0185. The zero-order valence-corrected chi connectivity index (χ0v) is 18.8. The van der Waals surface area contributed by atoms with E-state index in [2.05, 4.69) is 29.2 Å². The van der Waals surface area contributed by atoms with Crippen LogP contribution < -0.4 is 0 Å². The zero-order valence-electron chi connectivity index (χ0n) is 18.8. The van der Waals surface area contributed by atoms with E-state index in [0.29, 0.717) is 38.2 Å². The molecular weight excluding hydrogens is 428 g/mol. The van der Waals surface area contributed by atoms with Gasteiger partial charge < -0.3 is 9.47 Å². The van der Waals surface area contributed by atoms with E-state index >= 15 is 0 Å². The number of ketones is 1. The maximum Gasteiger partial charge on any atom is 0.410 e. The van der Waals surface area contributed by atoms with Gasteiger partial charge in [0.2, 0.25) is 0 Å². The zero-order chi connectivity index (χ0) is 23.1. The highest BCUT2D eigenvalue weighted by Gasteiger charge is 2.45. The molecule has 0 N–H and O–H groups in total. The van der Waals surface area contributed by atoms with E-state index in [4.69, 9.17) is 9.47 Å². The molecular formula is C28H26N2O4. The minimum absolute atomic E-state index is 0.0251. The molecule has 2 fully saturated rings. The number of hydrogen-bond donors (Lipinski definition) is 0. The van der Waals surface area contributed by atoms with Crippen LogP contribution in [0.3, 0.4) is 0 Å². The van der Waals surface area contributed by atoms with Crippen LogP contribution in [0.15, 0.2) is 73.1 Å². The fourth-order valence-corrected chi connectivity index (χ4v) is 5.84. The maximum atomic E-state index is 13.3. The van der Waals surface area contributed by atoms with Crippen molar-refractivity contribution in [3.8, 4) is 11.1 Å². The third-order valence-electron chi connectivity index (χ3n) is 7.38. The molecule has 6 heteroatoms. The minimum Gasteiger partial charge on any atom is -0.448 e. The van der Waals surface area contributed by atoms with Crippen molar-refractivity contribution < 1.29 is 19.1 Å². The third-order valence-corrected chi connectivity index (χ3v) is 7.38. The number of carbonyl (C=O) groups is 2. The van der Waals surface area contributed by atoms with E-state index in [-0.39, 0.29) is 35.8 Å². The predicted octanol–water partition coefficient (Wildman–Crippen LogP) is 4.69. The standard InChI is InChI=1S/C28H26N2O4/c31-27(18-6-5-11-29-14-18)19-12-20-15-33-16-21(13-19)30(20)28(32)34-17-26-24-9-3-1-7-22(24)23-8-2-4-10-25(23)26/h1-11,14,19-21,26H,12-13,15-17H2. The van der Waals surface area contributed by atoms with E-state index in [0.717, 1.165) is 0 Å². The Labute approximate surface area is 198 Å². The molecule has 3 aromatic rings. The first kappa shape index (κ1) is 21.1. The molecule has 2 aromatic carbocycles. The average Bonchev–Trinajstić information content (AvgIpc) is 3.20. The highest BCUT2D eigenvalue weighted by molar-refractivity contribution is 5.97. The Morgan fingerprint density at radius 3 is 2.18 bits per heavy atom. The number of benzene rings is 2. The van der Waals surface area contributed by atoms with Crippen LogP contribution in [0.4, 0.5) is 4.79 Å². The number of Topliss-reactive ketones (excluding diaryl/α,β-unsaturated/α-hetero) is 1. The summed E-state index contributed by atoms with van der Waals surface area (Å²) in [6.07, 6.45) is 4.13. The quantitative estimate of drug-likeness (QED) is 0.535. The van der Waals surface area contributed by atoms with Crippen LogP contribution in [0.5, 0.6) is 0 Å². The Morgan fingerprint density at radius 2 is 1.56 bits per heavy atom. The van der Waals surface area contributed by atoms with Crippen molar-refractivity contribution in [3.05, 3.63) is 89.7 Å². The number of amides is 1. The van der Waals surface area contributed by atoms with E-state index in [1.165, 1.54) is 22.3 Å². The van der Waals surface area contributed by atoms with Gasteiger partial charge in [0.15, 0.2) is 5.78 Å². The lowest BCUT2D eigenvalue weighted by Gasteiger charge is -2.47. The normalized spacial score (nSPS) is 23.2. The van der Waals surface area contributed by atoms with Crippen molar-refractivity contribution in [2.75, 3.05) is 19.8 Å². The van der Waals surface area contributed by atoms with Crippen molar-refractivity contribution in [1.82, 2.24) is 9.88 Å².